The molecule has 0 radical (unpaired) electrons. The van der Waals surface area contributed by atoms with E-state index in [1.807, 2.05) is 0 Å². The molecule has 3 unspecified atom stereocenters. The van der Waals surface area contributed by atoms with Gasteiger partial charge < -0.3 is 0 Å². The molecular formula is C17H22. The number of rotatable bonds is 2. The van der Waals surface area contributed by atoms with Crippen molar-refractivity contribution in [2.45, 2.75) is 33.1 Å². The standard InChI is InChI=1S/C17H22/c1-12(2)9-15-7-8-16-10-13-5-3-4-6-14(13)11-17(15)16/h3-6,10-12,15-17H,7-9H2,1-2H3. The SMILES string of the molecule is CC(C)CC1CCC2C=c3ccccc3=CC21. The molecule has 1 fully saturated rings. The van der Waals surface area contributed by atoms with Gasteiger partial charge in [-0.05, 0) is 53.4 Å². The summed E-state index contributed by atoms with van der Waals surface area (Å²) in [4.78, 5) is 0. The summed E-state index contributed by atoms with van der Waals surface area (Å²) in [5.74, 6) is 3.38. The van der Waals surface area contributed by atoms with E-state index in [9.17, 15) is 0 Å². The monoisotopic (exact) mass is 226 g/mol. The predicted molar refractivity (Wildman–Crippen MR) is 73.8 cm³/mol. The van der Waals surface area contributed by atoms with Crippen molar-refractivity contribution in [1.29, 1.82) is 0 Å². The fourth-order valence-corrected chi connectivity index (χ4v) is 3.73. The van der Waals surface area contributed by atoms with Crippen LogP contribution in [0.25, 0.3) is 12.2 Å². The Morgan fingerprint density at radius 2 is 1.76 bits per heavy atom. The van der Waals surface area contributed by atoms with Crippen LogP contribution in [0.5, 0.6) is 0 Å². The molecule has 0 aliphatic heterocycles. The molecule has 0 bridgehead atoms. The van der Waals surface area contributed by atoms with E-state index in [1.54, 1.807) is 0 Å². The predicted octanol–water partition coefficient (Wildman–Crippen LogP) is 2.95. The maximum atomic E-state index is 2.56. The molecular weight excluding hydrogens is 204 g/mol. The minimum atomic E-state index is 0.812. The highest BCUT2D eigenvalue weighted by molar-refractivity contribution is 5.44. The fourth-order valence-electron chi connectivity index (χ4n) is 3.73. The van der Waals surface area contributed by atoms with E-state index in [2.05, 4.69) is 50.3 Å². The van der Waals surface area contributed by atoms with Crippen LogP contribution in [-0.4, -0.2) is 0 Å². The van der Waals surface area contributed by atoms with Gasteiger partial charge in [0.05, 0.1) is 0 Å². The minimum Gasteiger partial charge on any atom is -0.0730 e. The molecule has 17 heavy (non-hydrogen) atoms. The molecule has 3 atom stereocenters. The molecule has 2 aliphatic carbocycles. The normalized spacial score (nSPS) is 30.4. The van der Waals surface area contributed by atoms with Crippen molar-refractivity contribution in [3.63, 3.8) is 0 Å². The number of hydrogen-bond acceptors (Lipinski definition) is 0. The van der Waals surface area contributed by atoms with Crippen LogP contribution in [0.15, 0.2) is 24.3 Å². The summed E-state index contributed by atoms with van der Waals surface area (Å²) in [5.41, 5.74) is 0. The maximum Gasteiger partial charge on any atom is -0.0133 e. The Kier molecular flexibility index (Phi) is 2.82. The lowest BCUT2D eigenvalue weighted by Gasteiger charge is -2.23. The topological polar surface area (TPSA) is 0 Å². The van der Waals surface area contributed by atoms with Crippen molar-refractivity contribution in [3.05, 3.63) is 34.7 Å². The molecule has 0 spiro atoms. The van der Waals surface area contributed by atoms with Crippen LogP contribution < -0.4 is 10.4 Å². The zero-order valence-corrected chi connectivity index (χ0v) is 10.9. The van der Waals surface area contributed by atoms with Crippen LogP contribution in [0, 0.1) is 23.7 Å². The van der Waals surface area contributed by atoms with Crippen molar-refractivity contribution in [2.24, 2.45) is 23.7 Å². The van der Waals surface area contributed by atoms with Crippen LogP contribution in [0.4, 0.5) is 0 Å². The van der Waals surface area contributed by atoms with Gasteiger partial charge in [0.1, 0.15) is 0 Å². The van der Waals surface area contributed by atoms with Crippen molar-refractivity contribution < 1.29 is 0 Å². The van der Waals surface area contributed by atoms with E-state index in [0.717, 1.165) is 23.7 Å². The molecule has 1 aromatic carbocycles. The van der Waals surface area contributed by atoms with Gasteiger partial charge in [0.2, 0.25) is 0 Å². The Balaban J connectivity index is 1.95. The molecule has 0 heterocycles. The van der Waals surface area contributed by atoms with Crippen LogP contribution in [0.3, 0.4) is 0 Å². The summed E-state index contributed by atoms with van der Waals surface area (Å²) in [6, 6.07) is 8.85. The molecule has 1 saturated carbocycles. The smallest absolute Gasteiger partial charge is 0.0133 e. The molecule has 0 aromatic heterocycles. The highest BCUT2D eigenvalue weighted by Crippen LogP contribution is 2.42. The average Bonchev–Trinajstić information content (AvgIpc) is 2.68. The van der Waals surface area contributed by atoms with Crippen LogP contribution in [0.2, 0.25) is 0 Å². The average molecular weight is 226 g/mol. The van der Waals surface area contributed by atoms with E-state index in [4.69, 9.17) is 0 Å². The zero-order chi connectivity index (χ0) is 11.8. The lowest BCUT2D eigenvalue weighted by molar-refractivity contribution is 0.365. The van der Waals surface area contributed by atoms with Crippen molar-refractivity contribution in [2.75, 3.05) is 0 Å². The minimum absolute atomic E-state index is 0.812. The third-order valence-electron chi connectivity index (χ3n) is 4.45. The van der Waals surface area contributed by atoms with Gasteiger partial charge in [0.25, 0.3) is 0 Å². The van der Waals surface area contributed by atoms with E-state index in [-0.39, 0.29) is 0 Å². The molecule has 0 heteroatoms. The maximum absolute atomic E-state index is 2.56. The Morgan fingerprint density at radius 1 is 1.06 bits per heavy atom. The van der Waals surface area contributed by atoms with Gasteiger partial charge in [0.15, 0.2) is 0 Å². The first-order chi connectivity index (χ1) is 8.24. The van der Waals surface area contributed by atoms with Crippen molar-refractivity contribution in [1.82, 2.24) is 0 Å². The number of hydrogen-bond donors (Lipinski definition) is 0. The third-order valence-corrected chi connectivity index (χ3v) is 4.45. The van der Waals surface area contributed by atoms with Crippen molar-refractivity contribution >= 4 is 12.2 Å². The summed E-state index contributed by atoms with van der Waals surface area (Å²) in [6.07, 6.45) is 9.30. The molecule has 0 amide bonds. The van der Waals surface area contributed by atoms with E-state index >= 15 is 0 Å². The summed E-state index contributed by atoms with van der Waals surface area (Å²) >= 11 is 0. The quantitative estimate of drug-likeness (QED) is 0.727. The third kappa shape index (κ3) is 2.06. The van der Waals surface area contributed by atoms with Crippen LogP contribution >= 0.6 is 0 Å². The van der Waals surface area contributed by atoms with Gasteiger partial charge in [-0.25, -0.2) is 0 Å². The highest BCUT2D eigenvalue weighted by atomic mass is 14.4. The Morgan fingerprint density at radius 3 is 2.47 bits per heavy atom. The lowest BCUT2D eigenvalue weighted by atomic mass is 9.81. The van der Waals surface area contributed by atoms with Gasteiger partial charge in [-0.2, -0.15) is 0 Å². The fraction of sp³-hybridized carbons (Fsp3) is 0.529. The number of benzene rings is 1. The first kappa shape index (κ1) is 11.1. The molecule has 90 valence electrons. The van der Waals surface area contributed by atoms with E-state index < -0.39 is 0 Å². The van der Waals surface area contributed by atoms with Gasteiger partial charge in [-0.1, -0.05) is 50.3 Å². The Hall–Kier alpha value is -1.04. The summed E-state index contributed by atoms with van der Waals surface area (Å²) in [7, 11) is 0. The second-order valence-corrected chi connectivity index (χ2v) is 6.17. The molecule has 1 aromatic rings. The van der Waals surface area contributed by atoms with E-state index in [0.29, 0.717) is 0 Å². The van der Waals surface area contributed by atoms with Gasteiger partial charge in [-0.3, -0.25) is 0 Å². The molecule has 2 aliphatic rings. The van der Waals surface area contributed by atoms with Crippen LogP contribution in [0.1, 0.15) is 33.1 Å². The Bertz CT molecular complexity index is 509. The zero-order valence-electron chi connectivity index (χ0n) is 10.9. The second-order valence-electron chi connectivity index (χ2n) is 6.17. The van der Waals surface area contributed by atoms with Crippen molar-refractivity contribution in [3.8, 4) is 0 Å². The first-order valence-electron chi connectivity index (χ1n) is 7.03. The molecule has 0 N–H and O–H groups in total. The van der Waals surface area contributed by atoms with Gasteiger partial charge in [0, 0.05) is 0 Å². The second kappa shape index (κ2) is 4.33. The first-order valence-corrected chi connectivity index (χ1v) is 7.03. The lowest BCUT2D eigenvalue weighted by Crippen LogP contribution is -2.32. The van der Waals surface area contributed by atoms with E-state index in [1.165, 1.54) is 29.7 Å². The van der Waals surface area contributed by atoms with Crippen LogP contribution in [-0.2, 0) is 0 Å². The molecule has 0 saturated heterocycles. The summed E-state index contributed by atoms with van der Waals surface area (Å²) < 4.78 is 0. The molecule has 3 rings (SSSR count). The highest BCUT2D eigenvalue weighted by Gasteiger charge is 2.34. The van der Waals surface area contributed by atoms with Gasteiger partial charge >= 0.3 is 0 Å². The number of fused-ring (bicyclic) bond motifs is 2. The summed E-state index contributed by atoms with van der Waals surface area (Å²) in [5, 5.41) is 2.92. The van der Waals surface area contributed by atoms with Gasteiger partial charge in [-0.15, -0.1) is 0 Å². The molecule has 0 nitrogen and oxygen atoms in total. The Labute approximate surface area is 104 Å². The summed E-state index contributed by atoms with van der Waals surface area (Å²) in [6.45, 7) is 4.71. The largest absolute Gasteiger partial charge is 0.0730 e.